The Morgan fingerprint density at radius 3 is 2.73 bits per heavy atom. The Hall–Kier alpha value is -3.24. The molecular formula is C23H23FN4O2. The first-order valence-corrected chi connectivity index (χ1v) is 9.94. The number of aromatic nitrogens is 2. The van der Waals surface area contributed by atoms with Gasteiger partial charge in [-0.05, 0) is 57.4 Å². The number of halogens is 1. The van der Waals surface area contributed by atoms with Crippen LogP contribution in [0.15, 0.2) is 42.5 Å². The second-order valence-corrected chi connectivity index (χ2v) is 8.42. The number of carbonyl (C=O) groups is 1. The van der Waals surface area contributed by atoms with Gasteiger partial charge in [-0.3, -0.25) is 10.1 Å². The zero-order valence-corrected chi connectivity index (χ0v) is 16.9. The molecule has 2 aromatic carbocycles. The van der Waals surface area contributed by atoms with Crippen LogP contribution in [0.4, 0.5) is 10.3 Å². The maximum absolute atomic E-state index is 14.1. The second kappa shape index (κ2) is 7.22. The van der Waals surface area contributed by atoms with E-state index in [2.05, 4.69) is 23.3 Å². The Morgan fingerprint density at radius 2 is 2.10 bits per heavy atom. The molecule has 154 valence electrons. The Balaban J connectivity index is 1.67. The van der Waals surface area contributed by atoms with Gasteiger partial charge in [-0.25, -0.2) is 9.37 Å². The molecule has 1 unspecified atom stereocenters. The second-order valence-electron chi connectivity index (χ2n) is 8.42. The lowest BCUT2D eigenvalue weighted by Crippen LogP contribution is -2.39. The van der Waals surface area contributed by atoms with Gasteiger partial charge >= 0.3 is 0 Å². The molecule has 0 radical (unpaired) electrons. The minimum absolute atomic E-state index is 0.0678. The summed E-state index contributed by atoms with van der Waals surface area (Å²) in [7, 11) is 0. The molecule has 3 aromatic rings. The number of nitrogens with zero attached hydrogens (tertiary/aromatic N) is 3. The number of hydrogen-bond donors (Lipinski definition) is 2. The summed E-state index contributed by atoms with van der Waals surface area (Å²) in [4.78, 5) is 17.4. The van der Waals surface area contributed by atoms with E-state index in [0.29, 0.717) is 17.0 Å². The van der Waals surface area contributed by atoms with Crippen LogP contribution in [0, 0.1) is 17.1 Å². The average Bonchev–Trinajstić information content (AvgIpc) is 3.02. The first-order valence-electron chi connectivity index (χ1n) is 9.94. The molecule has 1 aliphatic rings. The van der Waals surface area contributed by atoms with Crippen molar-refractivity contribution in [3.05, 3.63) is 59.4 Å². The average molecular weight is 406 g/mol. The van der Waals surface area contributed by atoms with Crippen LogP contribution in [0.25, 0.3) is 11.0 Å². The fourth-order valence-corrected chi connectivity index (χ4v) is 4.16. The third-order valence-electron chi connectivity index (χ3n) is 5.96. The molecular weight excluding hydrogens is 383 g/mol. The van der Waals surface area contributed by atoms with Crippen molar-refractivity contribution < 1.29 is 14.3 Å². The van der Waals surface area contributed by atoms with Crippen molar-refractivity contribution in [1.82, 2.24) is 9.55 Å². The van der Waals surface area contributed by atoms with Crippen LogP contribution in [0.1, 0.15) is 50.7 Å². The SMILES string of the molecule is CC(O)(CC(=O)Nc1nc2ccc(C#N)cc2n1C1(C)CCC1)c1ccccc1F. The van der Waals surface area contributed by atoms with Crippen molar-refractivity contribution in [2.45, 2.75) is 50.7 Å². The topological polar surface area (TPSA) is 90.9 Å². The first kappa shape index (κ1) is 20.0. The number of benzene rings is 2. The molecule has 6 nitrogen and oxygen atoms in total. The van der Waals surface area contributed by atoms with Crippen molar-refractivity contribution in [3.8, 4) is 6.07 Å². The molecule has 7 heteroatoms. The van der Waals surface area contributed by atoms with E-state index in [0.717, 1.165) is 24.8 Å². The molecule has 0 aliphatic heterocycles. The third kappa shape index (κ3) is 3.44. The molecule has 1 heterocycles. The zero-order chi connectivity index (χ0) is 21.5. The summed E-state index contributed by atoms with van der Waals surface area (Å²) in [6.07, 6.45) is 2.62. The number of nitrogens with one attached hydrogen (secondary N) is 1. The first-order chi connectivity index (χ1) is 14.2. The van der Waals surface area contributed by atoms with Crippen LogP contribution in [0.2, 0.25) is 0 Å². The number of fused-ring (bicyclic) bond motifs is 1. The summed E-state index contributed by atoms with van der Waals surface area (Å²) in [5.41, 5.74) is 0.177. The van der Waals surface area contributed by atoms with E-state index in [9.17, 15) is 19.6 Å². The molecule has 0 bridgehead atoms. The van der Waals surface area contributed by atoms with Gasteiger partial charge in [-0.2, -0.15) is 5.26 Å². The van der Waals surface area contributed by atoms with E-state index in [-0.39, 0.29) is 17.5 Å². The molecule has 1 amide bonds. The van der Waals surface area contributed by atoms with Gasteiger partial charge in [-0.1, -0.05) is 18.2 Å². The maximum atomic E-state index is 14.1. The van der Waals surface area contributed by atoms with Crippen LogP contribution in [-0.2, 0) is 15.9 Å². The molecule has 1 atom stereocenters. The van der Waals surface area contributed by atoms with E-state index >= 15 is 0 Å². The van der Waals surface area contributed by atoms with Gasteiger partial charge in [0.05, 0.1) is 34.7 Å². The highest BCUT2D eigenvalue weighted by Gasteiger charge is 2.38. The van der Waals surface area contributed by atoms with Gasteiger partial charge < -0.3 is 9.67 Å². The van der Waals surface area contributed by atoms with Crippen molar-refractivity contribution in [1.29, 1.82) is 5.26 Å². The minimum atomic E-state index is -1.67. The Kier molecular flexibility index (Phi) is 4.83. The highest BCUT2D eigenvalue weighted by molar-refractivity contribution is 5.92. The van der Waals surface area contributed by atoms with Gasteiger partial charge in [0.2, 0.25) is 11.9 Å². The maximum Gasteiger partial charge on any atom is 0.229 e. The Bertz CT molecular complexity index is 1170. The van der Waals surface area contributed by atoms with Crippen LogP contribution < -0.4 is 5.32 Å². The van der Waals surface area contributed by atoms with Gasteiger partial charge in [0.15, 0.2) is 0 Å². The van der Waals surface area contributed by atoms with Gasteiger partial charge in [0.1, 0.15) is 5.82 Å². The molecule has 1 aromatic heterocycles. The van der Waals surface area contributed by atoms with Crippen LogP contribution in [0.3, 0.4) is 0 Å². The van der Waals surface area contributed by atoms with Crippen LogP contribution >= 0.6 is 0 Å². The van der Waals surface area contributed by atoms with Crippen molar-refractivity contribution >= 4 is 22.9 Å². The number of rotatable bonds is 5. The molecule has 4 rings (SSSR count). The lowest BCUT2D eigenvalue weighted by Gasteiger charge is -2.41. The molecule has 1 aliphatic carbocycles. The molecule has 2 N–H and O–H groups in total. The number of amides is 1. The fraction of sp³-hybridized carbons (Fsp3) is 0.348. The van der Waals surface area contributed by atoms with Gasteiger partial charge in [-0.15, -0.1) is 0 Å². The van der Waals surface area contributed by atoms with Gasteiger partial charge in [0, 0.05) is 11.1 Å². The summed E-state index contributed by atoms with van der Waals surface area (Å²) in [6.45, 7) is 3.52. The monoisotopic (exact) mass is 406 g/mol. The lowest BCUT2D eigenvalue weighted by atomic mass is 9.78. The predicted octanol–water partition coefficient (Wildman–Crippen LogP) is 4.18. The number of nitriles is 1. The highest BCUT2D eigenvalue weighted by Crippen LogP contribution is 2.43. The number of anilines is 1. The molecule has 30 heavy (non-hydrogen) atoms. The number of aliphatic hydroxyl groups is 1. The predicted molar refractivity (Wildman–Crippen MR) is 111 cm³/mol. The molecule has 0 saturated heterocycles. The molecule has 0 spiro atoms. The van der Waals surface area contributed by atoms with Crippen molar-refractivity contribution in [3.63, 3.8) is 0 Å². The van der Waals surface area contributed by atoms with Crippen LogP contribution in [-0.4, -0.2) is 20.6 Å². The van der Waals surface area contributed by atoms with E-state index in [1.807, 2.05) is 4.57 Å². The molecule has 1 saturated carbocycles. The third-order valence-corrected chi connectivity index (χ3v) is 5.96. The lowest BCUT2D eigenvalue weighted by molar-refractivity contribution is -0.120. The molecule has 1 fully saturated rings. The zero-order valence-electron chi connectivity index (χ0n) is 16.9. The fourth-order valence-electron chi connectivity index (χ4n) is 4.16. The number of imidazole rings is 1. The largest absolute Gasteiger partial charge is 0.385 e. The van der Waals surface area contributed by atoms with E-state index < -0.39 is 17.3 Å². The summed E-state index contributed by atoms with van der Waals surface area (Å²) in [6, 6.07) is 13.2. The van der Waals surface area contributed by atoms with E-state index in [4.69, 9.17) is 0 Å². The number of hydrogen-bond acceptors (Lipinski definition) is 4. The highest BCUT2D eigenvalue weighted by atomic mass is 19.1. The summed E-state index contributed by atoms with van der Waals surface area (Å²) < 4.78 is 16.1. The smallest absolute Gasteiger partial charge is 0.229 e. The van der Waals surface area contributed by atoms with Crippen molar-refractivity contribution in [2.24, 2.45) is 0 Å². The standard InChI is InChI=1S/C23H23FN4O2/c1-22(10-5-11-22)28-19-12-15(14-25)8-9-18(19)26-21(28)27-20(29)13-23(2,30)16-6-3-4-7-17(16)24/h3-4,6-9,12,30H,5,10-11,13H2,1-2H3,(H,26,27,29). The van der Waals surface area contributed by atoms with E-state index in [1.54, 1.807) is 24.3 Å². The summed E-state index contributed by atoms with van der Waals surface area (Å²) >= 11 is 0. The Morgan fingerprint density at radius 1 is 1.37 bits per heavy atom. The normalized spacial score (nSPS) is 17.0. The number of carbonyl (C=O) groups excluding carboxylic acids is 1. The van der Waals surface area contributed by atoms with Gasteiger partial charge in [0.25, 0.3) is 0 Å². The Labute approximate surface area is 174 Å². The summed E-state index contributed by atoms with van der Waals surface area (Å²) in [5.74, 6) is -0.659. The summed E-state index contributed by atoms with van der Waals surface area (Å²) in [5, 5.41) is 22.8. The van der Waals surface area contributed by atoms with Crippen molar-refractivity contribution in [2.75, 3.05) is 5.32 Å². The van der Waals surface area contributed by atoms with Crippen LogP contribution in [0.5, 0.6) is 0 Å². The quantitative estimate of drug-likeness (QED) is 0.665. The van der Waals surface area contributed by atoms with E-state index in [1.165, 1.54) is 25.1 Å². The minimum Gasteiger partial charge on any atom is -0.385 e.